The fraction of sp³-hybridized carbons (Fsp3) is 0.143. The zero-order valence-corrected chi connectivity index (χ0v) is 10.3. The molecule has 2 aromatic rings. The molecule has 2 nitrogen and oxygen atoms in total. The van der Waals surface area contributed by atoms with Crippen molar-refractivity contribution in [2.45, 2.75) is 17.2 Å². The second-order valence-corrected chi connectivity index (χ2v) is 5.00. The molecular weight excluding hydrogens is 228 g/mol. The Morgan fingerprint density at radius 2 is 1.88 bits per heavy atom. The molecule has 1 unspecified atom stereocenters. The van der Waals surface area contributed by atoms with Crippen LogP contribution < -0.4 is 0 Å². The lowest BCUT2D eigenvalue weighted by molar-refractivity contribution is 1.05. The van der Waals surface area contributed by atoms with E-state index in [4.69, 9.17) is 5.26 Å². The number of hydrogen-bond donors (Lipinski definition) is 0. The van der Waals surface area contributed by atoms with Crippen LogP contribution in [-0.2, 0) is 0 Å². The third kappa shape index (κ3) is 3.08. The minimum absolute atomic E-state index is 0.331. The predicted octanol–water partition coefficient (Wildman–Crippen LogP) is 3.81. The number of aromatic nitrogens is 1. The number of hydrogen-bond acceptors (Lipinski definition) is 3. The molecule has 0 radical (unpaired) electrons. The molecule has 17 heavy (non-hydrogen) atoms. The molecule has 0 fully saturated rings. The molecular formula is C14H12N2S. The van der Waals surface area contributed by atoms with Crippen molar-refractivity contribution in [3.05, 3.63) is 59.8 Å². The minimum atomic E-state index is 0.331. The van der Waals surface area contributed by atoms with Crippen molar-refractivity contribution >= 4 is 11.8 Å². The van der Waals surface area contributed by atoms with Crippen LogP contribution in [0.4, 0.5) is 0 Å². The van der Waals surface area contributed by atoms with Crippen molar-refractivity contribution in [3.63, 3.8) is 0 Å². The van der Waals surface area contributed by atoms with E-state index < -0.39 is 0 Å². The summed E-state index contributed by atoms with van der Waals surface area (Å²) in [6.07, 6.45) is 0. The van der Waals surface area contributed by atoms with Crippen LogP contribution in [0.3, 0.4) is 0 Å². The summed E-state index contributed by atoms with van der Waals surface area (Å²) in [5.74, 6) is 0. The largest absolute Gasteiger partial charge is 0.231 e. The number of benzene rings is 1. The molecule has 84 valence electrons. The third-order valence-electron chi connectivity index (χ3n) is 2.40. The van der Waals surface area contributed by atoms with E-state index in [0.29, 0.717) is 10.9 Å². The van der Waals surface area contributed by atoms with Crippen LogP contribution in [0, 0.1) is 11.3 Å². The zero-order chi connectivity index (χ0) is 12.1. The van der Waals surface area contributed by atoms with Crippen LogP contribution in [0.15, 0.2) is 53.6 Å². The molecule has 0 N–H and O–H groups in total. The first-order valence-corrected chi connectivity index (χ1v) is 6.26. The van der Waals surface area contributed by atoms with Gasteiger partial charge in [-0.05, 0) is 24.6 Å². The van der Waals surface area contributed by atoms with Crippen LogP contribution in [0.5, 0.6) is 0 Å². The van der Waals surface area contributed by atoms with Crippen LogP contribution in [0.1, 0.15) is 23.4 Å². The highest BCUT2D eigenvalue weighted by Gasteiger charge is 2.07. The standard InChI is InChI=1S/C14H12N2S/c1-11(12-6-3-2-4-7-12)17-14-9-5-8-13(10-15)16-14/h2-9,11H,1H3. The molecule has 0 aliphatic carbocycles. The summed E-state index contributed by atoms with van der Waals surface area (Å²) >= 11 is 1.66. The number of pyridine rings is 1. The van der Waals surface area contributed by atoms with Crippen LogP contribution in [-0.4, -0.2) is 4.98 Å². The Kier molecular flexibility index (Phi) is 3.79. The summed E-state index contributed by atoms with van der Waals surface area (Å²) in [5, 5.41) is 10.0. The van der Waals surface area contributed by atoms with Gasteiger partial charge in [0.2, 0.25) is 0 Å². The Balaban J connectivity index is 2.13. The average molecular weight is 240 g/mol. The molecule has 1 atom stereocenters. The lowest BCUT2D eigenvalue weighted by Crippen LogP contribution is -1.90. The van der Waals surface area contributed by atoms with Crippen molar-refractivity contribution < 1.29 is 0 Å². The topological polar surface area (TPSA) is 36.7 Å². The predicted molar refractivity (Wildman–Crippen MR) is 69.7 cm³/mol. The molecule has 2 rings (SSSR count). The molecule has 1 heterocycles. The van der Waals surface area contributed by atoms with Gasteiger partial charge >= 0.3 is 0 Å². The highest BCUT2D eigenvalue weighted by molar-refractivity contribution is 7.99. The first-order chi connectivity index (χ1) is 8.29. The van der Waals surface area contributed by atoms with Gasteiger partial charge in [-0.15, -0.1) is 0 Å². The second-order valence-electron chi connectivity index (χ2n) is 3.64. The van der Waals surface area contributed by atoms with Crippen LogP contribution >= 0.6 is 11.8 Å². The molecule has 0 amide bonds. The highest BCUT2D eigenvalue weighted by Crippen LogP contribution is 2.33. The Bertz CT molecular complexity index is 531. The van der Waals surface area contributed by atoms with E-state index in [1.165, 1.54) is 5.56 Å². The SMILES string of the molecule is CC(Sc1cccc(C#N)n1)c1ccccc1. The maximum Gasteiger partial charge on any atom is 0.141 e. The van der Waals surface area contributed by atoms with E-state index in [9.17, 15) is 0 Å². The van der Waals surface area contributed by atoms with Gasteiger partial charge in [0.15, 0.2) is 0 Å². The van der Waals surface area contributed by atoms with Gasteiger partial charge in [0, 0.05) is 5.25 Å². The van der Waals surface area contributed by atoms with Gasteiger partial charge in [0.05, 0.1) is 5.03 Å². The summed E-state index contributed by atoms with van der Waals surface area (Å²) in [7, 11) is 0. The summed E-state index contributed by atoms with van der Waals surface area (Å²) in [6, 6.07) is 17.9. The van der Waals surface area contributed by atoms with Gasteiger partial charge in [-0.1, -0.05) is 48.2 Å². The van der Waals surface area contributed by atoms with E-state index in [-0.39, 0.29) is 0 Å². The number of nitrogens with zero attached hydrogens (tertiary/aromatic N) is 2. The van der Waals surface area contributed by atoms with Gasteiger partial charge in [-0.3, -0.25) is 0 Å². The number of thioether (sulfide) groups is 1. The van der Waals surface area contributed by atoms with Crippen molar-refractivity contribution in [2.75, 3.05) is 0 Å². The molecule has 0 saturated carbocycles. The van der Waals surface area contributed by atoms with E-state index in [1.807, 2.05) is 30.3 Å². The van der Waals surface area contributed by atoms with Gasteiger partial charge in [-0.2, -0.15) is 5.26 Å². The maximum atomic E-state index is 8.79. The van der Waals surface area contributed by atoms with Crippen LogP contribution in [0.25, 0.3) is 0 Å². The monoisotopic (exact) mass is 240 g/mol. The summed E-state index contributed by atoms with van der Waals surface area (Å²) < 4.78 is 0. The summed E-state index contributed by atoms with van der Waals surface area (Å²) in [5.41, 5.74) is 1.73. The van der Waals surface area contributed by atoms with Crippen molar-refractivity contribution in [2.24, 2.45) is 0 Å². The smallest absolute Gasteiger partial charge is 0.141 e. The lowest BCUT2D eigenvalue weighted by Gasteiger charge is -2.10. The molecule has 0 saturated heterocycles. The molecule has 0 aliphatic rings. The number of nitriles is 1. The molecule has 1 aromatic heterocycles. The maximum absolute atomic E-state index is 8.79. The van der Waals surface area contributed by atoms with E-state index in [2.05, 4.69) is 30.1 Å². The fourth-order valence-corrected chi connectivity index (χ4v) is 2.48. The Labute approximate surface area is 105 Å². The second kappa shape index (κ2) is 5.51. The minimum Gasteiger partial charge on any atom is -0.231 e. The molecule has 3 heteroatoms. The average Bonchev–Trinajstić information content (AvgIpc) is 2.40. The first kappa shape index (κ1) is 11.7. The molecule has 1 aromatic carbocycles. The van der Waals surface area contributed by atoms with Gasteiger partial charge in [0.1, 0.15) is 11.8 Å². The van der Waals surface area contributed by atoms with E-state index in [1.54, 1.807) is 17.8 Å². The van der Waals surface area contributed by atoms with Crippen LogP contribution in [0.2, 0.25) is 0 Å². The summed E-state index contributed by atoms with van der Waals surface area (Å²) in [4.78, 5) is 4.26. The molecule has 0 bridgehead atoms. The lowest BCUT2D eigenvalue weighted by atomic mass is 10.2. The van der Waals surface area contributed by atoms with Gasteiger partial charge < -0.3 is 0 Å². The quantitative estimate of drug-likeness (QED) is 0.765. The molecule has 0 aliphatic heterocycles. The van der Waals surface area contributed by atoms with Crippen molar-refractivity contribution in [3.8, 4) is 6.07 Å². The Morgan fingerprint density at radius 3 is 2.59 bits per heavy atom. The van der Waals surface area contributed by atoms with Gasteiger partial charge in [-0.25, -0.2) is 4.98 Å². The van der Waals surface area contributed by atoms with Crippen molar-refractivity contribution in [1.29, 1.82) is 5.26 Å². The third-order valence-corrected chi connectivity index (χ3v) is 3.50. The number of rotatable bonds is 3. The highest BCUT2D eigenvalue weighted by atomic mass is 32.2. The normalized spacial score (nSPS) is 11.8. The van der Waals surface area contributed by atoms with E-state index >= 15 is 0 Å². The summed E-state index contributed by atoms with van der Waals surface area (Å²) in [6.45, 7) is 2.14. The molecule has 0 spiro atoms. The zero-order valence-electron chi connectivity index (χ0n) is 9.50. The van der Waals surface area contributed by atoms with Crippen molar-refractivity contribution in [1.82, 2.24) is 4.98 Å². The first-order valence-electron chi connectivity index (χ1n) is 5.38. The Hall–Kier alpha value is -1.79. The Morgan fingerprint density at radius 1 is 1.12 bits per heavy atom. The van der Waals surface area contributed by atoms with E-state index in [0.717, 1.165) is 5.03 Å². The van der Waals surface area contributed by atoms with Gasteiger partial charge in [0.25, 0.3) is 0 Å². The fourth-order valence-electron chi connectivity index (χ4n) is 1.52.